The summed E-state index contributed by atoms with van der Waals surface area (Å²) in [6, 6.07) is 22.7. The van der Waals surface area contributed by atoms with E-state index in [2.05, 4.69) is 0 Å². The lowest BCUT2D eigenvalue weighted by Gasteiger charge is -2.27. The van der Waals surface area contributed by atoms with Crippen molar-refractivity contribution in [1.82, 2.24) is 9.21 Å². The minimum atomic E-state index is -3.79. The van der Waals surface area contributed by atoms with Crippen molar-refractivity contribution in [2.45, 2.75) is 26.8 Å². The third kappa shape index (κ3) is 8.01. The molecule has 0 spiro atoms. The van der Waals surface area contributed by atoms with Crippen LogP contribution < -0.4 is 0 Å². The number of carbonyl (C=O) groups is 1. The second-order valence-corrected chi connectivity index (χ2v) is 10.4. The first-order valence-electron chi connectivity index (χ1n) is 11.4. The van der Waals surface area contributed by atoms with Gasteiger partial charge in [-0.1, -0.05) is 74.5 Å². The Morgan fingerprint density at radius 3 is 2.26 bits per heavy atom. The molecule has 0 unspecified atom stereocenters. The fraction of sp³-hybridized carbons (Fsp3) is 0.296. The van der Waals surface area contributed by atoms with Gasteiger partial charge >= 0.3 is 0 Å². The van der Waals surface area contributed by atoms with Crippen LogP contribution in [0.15, 0.2) is 88.9 Å². The summed E-state index contributed by atoms with van der Waals surface area (Å²) >= 11 is 0. The summed E-state index contributed by atoms with van der Waals surface area (Å²) in [7, 11) is -3.79. The molecule has 0 aliphatic rings. The summed E-state index contributed by atoms with van der Waals surface area (Å²) in [6.07, 6.45) is 3.79. The van der Waals surface area contributed by atoms with E-state index < -0.39 is 10.0 Å². The fourth-order valence-corrected chi connectivity index (χ4v) is 4.82. The van der Waals surface area contributed by atoms with E-state index in [-0.39, 0.29) is 31.5 Å². The standard InChI is InChI=1S/C27H32N2O4S/c1-23(2)20-29(34(31,32)19-16-25-12-7-4-8-13-25)22-27(30)28(21-26-14-9-18-33-26)17-15-24-10-5-3-6-11-24/h3-14,16,18-19,23H,15,17,20-22H2,1-2H3/b19-16+. The van der Waals surface area contributed by atoms with Crippen LogP contribution in [-0.4, -0.2) is 43.2 Å². The molecule has 34 heavy (non-hydrogen) atoms. The highest BCUT2D eigenvalue weighted by atomic mass is 32.2. The van der Waals surface area contributed by atoms with E-state index in [0.717, 1.165) is 11.1 Å². The first-order chi connectivity index (χ1) is 16.3. The average Bonchev–Trinajstić information content (AvgIpc) is 3.34. The highest BCUT2D eigenvalue weighted by molar-refractivity contribution is 7.92. The Morgan fingerprint density at radius 1 is 0.971 bits per heavy atom. The van der Waals surface area contributed by atoms with Crippen LogP contribution in [0.3, 0.4) is 0 Å². The quantitative estimate of drug-likeness (QED) is 0.373. The molecule has 0 saturated carbocycles. The molecule has 0 atom stereocenters. The molecule has 0 fully saturated rings. The van der Waals surface area contributed by atoms with Gasteiger partial charge in [-0.2, -0.15) is 4.31 Å². The summed E-state index contributed by atoms with van der Waals surface area (Å²) in [4.78, 5) is 15.0. The van der Waals surface area contributed by atoms with Gasteiger partial charge in [-0.25, -0.2) is 8.42 Å². The molecule has 7 heteroatoms. The van der Waals surface area contributed by atoms with Crippen molar-refractivity contribution in [3.05, 3.63) is 101 Å². The summed E-state index contributed by atoms with van der Waals surface area (Å²) in [5, 5.41) is 1.18. The Labute approximate surface area is 202 Å². The Balaban J connectivity index is 1.77. The molecule has 0 saturated heterocycles. The van der Waals surface area contributed by atoms with Crippen molar-refractivity contribution in [1.29, 1.82) is 0 Å². The lowest BCUT2D eigenvalue weighted by molar-refractivity contribution is -0.132. The second kappa shape index (κ2) is 12.3. The molecule has 3 aromatic rings. The van der Waals surface area contributed by atoms with E-state index in [1.54, 1.807) is 23.3 Å². The van der Waals surface area contributed by atoms with Crippen LogP contribution in [0.1, 0.15) is 30.7 Å². The molecule has 3 rings (SSSR count). The summed E-state index contributed by atoms with van der Waals surface area (Å²) in [5.74, 6) is 0.462. The van der Waals surface area contributed by atoms with Crippen LogP contribution in [0.25, 0.3) is 6.08 Å². The highest BCUT2D eigenvalue weighted by Crippen LogP contribution is 2.14. The minimum absolute atomic E-state index is 0.0653. The minimum Gasteiger partial charge on any atom is -0.467 e. The molecule has 180 valence electrons. The number of furan rings is 1. The number of hydrogen-bond donors (Lipinski definition) is 0. The van der Waals surface area contributed by atoms with Gasteiger partial charge in [0.2, 0.25) is 15.9 Å². The first kappa shape index (κ1) is 25.5. The molecule has 0 radical (unpaired) electrons. The number of rotatable bonds is 12. The molecule has 0 aliphatic heterocycles. The number of carbonyl (C=O) groups excluding carboxylic acids is 1. The number of sulfonamides is 1. The molecule has 0 bridgehead atoms. The maximum atomic E-state index is 13.4. The summed E-state index contributed by atoms with van der Waals surface area (Å²) in [6.45, 7) is 4.64. The topological polar surface area (TPSA) is 70.8 Å². The average molecular weight is 481 g/mol. The number of benzene rings is 2. The number of hydrogen-bond acceptors (Lipinski definition) is 4. The van der Waals surface area contributed by atoms with Gasteiger partial charge in [0.15, 0.2) is 0 Å². The van der Waals surface area contributed by atoms with Crippen molar-refractivity contribution in [3.63, 3.8) is 0 Å². The molecular weight excluding hydrogens is 448 g/mol. The summed E-state index contributed by atoms with van der Waals surface area (Å²) < 4.78 is 33.0. The van der Waals surface area contributed by atoms with E-state index in [9.17, 15) is 13.2 Å². The first-order valence-corrected chi connectivity index (χ1v) is 12.9. The van der Waals surface area contributed by atoms with Gasteiger partial charge in [0.05, 0.1) is 19.4 Å². The summed E-state index contributed by atoms with van der Waals surface area (Å²) in [5.41, 5.74) is 1.89. The Morgan fingerprint density at radius 2 is 1.65 bits per heavy atom. The maximum absolute atomic E-state index is 13.4. The van der Waals surface area contributed by atoms with Crippen molar-refractivity contribution in [2.24, 2.45) is 5.92 Å². The van der Waals surface area contributed by atoms with Crippen LogP contribution >= 0.6 is 0 Å². The number of nitrogens with zero attached hydrogens (tertiary/aromatic N) is 2. The normalized spacial score (nSPS) is 12.0. The maximum Gasteiger partial charge on any atom is 0.238 e. The molecule has 1 heterocycles. The predicted octanol–water partition coefficient (Wildman–Crippen LogP) is 4.81. The van der Waals surface area contributed by atoms with Gasteiger partial charge in [0.25, 0.3) is 0 Å². The van der Waals surface area contributed by atoms with E-state index in [0.29, 0.717) is 18.7 Å². The molecular formula is C27H32N2O4S. The zero-order valence-corrected chi connectivity index (χ0v) is 20.5. The molecule has 0 aliphatic carbocycles. The lowest BCUT2D eigenvalue weighted by atomic mass is 10.1. The SMILES string of the molecule is CC(C)CN(CC(=O)N(CCc1ccccc1)Cc1ccco1)S(=O)(=O)/C=C/c1ccccc1. The Bertz CT molecular complexity index is 1140. The van der Waals surface area contributed by atoms with Gasteiger partial charge < -0.3 is 9.32 Å². The third-order valence-corrected chi connectivity index (χ3v) is 6.74. The molecule has 6 nitrogen and oxygen atoms in total. The predicted molar refractivity (Wildman–Crippen MR) is 135 cm³/mol. The zero-order chi connectivity index (χ0) is 24.4. The molecule has 1 aromatic heterocycles. The largest absolute Gasteiger partial charge is 0.467 e. The van der Waals surface area contributed by atoms with Crippen molar-refractivity contribution in [2.75, 3.05) is 19.6 Å². The third-order valence-electron chi connectivity index (χ3n) is 5.27. The van der Waals surface area contributed by atoms with Crippen LogP contribution in [0.4, 0.5) is 0 Å². The van der Waals surface area contributed by atoms with E-state index >= 15 is 0 Å². The second-order valence-electron chi connectivity index (χ2n) is 8.58. The van der Waals surface area contributed by atoms with Gasteiger partial charge in [-0.3, -0.25) is 4.79 Å². The van der Waals surface area contributed by atoms with Crippen molar-refractivity contribution < 1.29 is 17.6 Å². The van der Waals surface area contributed by atoms with Crippen LogP contribution in [0.2, 0.25) is 0 Å². The van der Waals surface area contributed by atoms with E-state index in [1.807, 2.05) is 80.6 Å². The van der Waals surface area contributed by atoms with Gasteiger partial charge in [-0.05, 0) is 41.7 Å². The van der Waals surface area contributed by atoms with Crippen molar-refractivity contribution >= 4 is 22.0 Å². The number of amides is 1. The lowest BCUT2D eigenvalue weighted by Crippen LogP contribution is -2.44. The molecule has 0 N–H and O–H groups in total. The van der Waals surface area contributed by atoms with E-state index in [1.165, 1.54) is 9.71 Å². The van der Waals surface area contributed by atoms with Gasteiger partial charge in [0, 0.05) is 18.5 Å². The smallest absolute Gasteiger partial charge is 0.238 e. The van der Waals surface area contributed by atoms with Gasteiger partial charge in [-0.15, -0.1) is 0 Å². The molecule has 2 aromatic carbocycles. The van der Waals surface area contributed by atoms with Crippen LogP contribution in [-0.2, 0) is 27.8 Å². The van der Waals surface area contributed by atoms with Crippen molar-refractivity contribution in [3.8, 4) is 0 Å². The van der Waals surface area contributed by atoms with E-state index in [4.69, 9.17) is 4.42 Å². The monoisotopic (exact) mass is 480 g/mol. The van der Waals surface area contributed by atoms with Gasteiger partial charge in [0.1, 0.15) is 5.76 Å². The zero-order valence-electron chi connectivity index (χ0n) is 19.7. The fourth-order valence-electron chi connectivity index (χ4n) is 3.52. The highest BCUT2D eigenvalue weighted by Gasteiger charge is 2.26. The molecule has 1 amide bonds. The van der Waals surface area contributed by atoms with Crippen LogP contribution in [0, 0.1) is 5.92 Å². The Hall–Kier alpha value is -3.16. The van der Waals surface area contributed by atoms with Crippen LogP contribution in [0.5, 0.6) is 0 Å². The Kier molecular flexibility index (Phi) is 9.24.